The fourth-order valence-electron chi connectivity index (χ4n) is 8.89. The molecule has 53 heavy (non-hydrogen) atoms. The molecule has 0 unspecified atom stereocenters. The SMILES string of the molecule is CCOC(=O)C[C@H]1C[C@@H](CC)[C@@H](c2nnc3cnc4[nH]ccc4n23)C1.CC[C@@H]1C[C@H](Cc2nc(COC)no2)C[C@@H]1c1nnc2cnc3[nH]ccc3n12. The minimum atomic E-state index is -0.0914. The summed E-state index contributed by atoms with van der Waals surface area (Å²) < 4.78 is 19.9. The highest BCUT2D eigenvalue weighted by Crippen LogP contribution is 2.47. The molecule has 0 spiro atoms. The standard InChI is InChI=1S/C19H23N7O2.C18H23N5O2/c1-3-12-6-11(8-17-22-15(10-27-2)25-28-17)7-13(12)19-24-23-16-9-21-18-14(26(16)19)4-5-20-18;1-3-12-7-11(9-16(24)25-4-2)8-13(12)18-22-21-15-10-20-17-14(23(15)18)5-6-19-17/h4-5,9,11-13,20H,3,6-8,10H2,1-2H3;5-6,10-13,19H,3-4,7-9H2,1-2H3/t2*11-,12+,13-/m00/s1. The third-order valence-electron chi connectivity index (χ3n) is 11.2. The first-order chi connectivity index (χ1) is 26.0. The molecule has 0 saturated heterocycles. The molecule has 0 aliphatic heterocycles. The quantitative estimate of drug-likeness (QED) is 0.149. The zero-order valence-electron chi connectivity index (χ0n) is 30.6. The van der Waals surface area contributed by atoms with Crippen LogP contribution < -0.4 is 0 Å². The Morgan fingerprint density at radius 3 is 1.98 bits per heavy atom. The van der Waals surface area contributed by atoms with E-state index in [0.29, 0.717) is 66.9 Å². The van der Waals surface area contributed by atoms with Gasteiger partial charge in [0, 0.05) is 44.2 Å². The highest BCUT2D eigenvalue weighted by molar-refractivity contribution is 5.75. The Bertz CT molecular complexity index is 2320. The van der Waals surface area contributed by atoms with Crippen molar-refractivity contribution in [1.82, 2.24) is 59.3 Å². The fraction of sp³-hybridized carbons (Fsp3) is 0.541. The molecule has 0 aromatic carbocycles. The normalized spacial score (nSPS) is 23.0. The number of rotatable bonds is 11. The van der Waals surface area contributed by atoms with Crippen molar-refractivity contribution in [3.8, 4) is 0 Å². The Morgan fingerprint density at radius 1 is 0.830 bits per heavy atom. The minimum absolute atomic E-state index is 0.0914. The largest absolute Gasteiger partial charge is 0.466 e. The molecule has 7 aromatic heterocycles. The molecule has 2 aliphatic carbocycles. The Balaban J connectivity index is 0.000000152. The number of esters is 1. The number of aromatic nitrogens is 12. The number of carbonyl (C=O) groups excluding carboxylic acids is 1. The van der Waals surface area contributed by atoms with Crippen molar-refractivity contribution in [1.29, 1.82) is 0 Å². The molecule has 9 rings (SSSR count). The van der Waals surface area contributed by atoms with Crippen molar-refractivity contribution < 1.29 is 18.8 Å². The molecule has 16 heteroatoms. The number of nitrogens with zero attached hydrogens (tertiary/aromatic N) is 10. The number of H-pyrrole nitrogens is 2. The molecule has 6 atom stereocenters. The van der Waals surface area contributed by atoms with Gasteiger partial charge >= 0.3 is 5.97 Å². The summed E-state index contributed by atoms with van der Waals surface area (Å²) >= 11 is 0. The van der Waals surface area contributed by atoms with Crippen LogP contribution in [-0.2, 0) is 27.3 Å². The van der Waals surface area contributed by atoms with Gasteiger partial charge in [-0.25, -0.2) is 9.97 Å². The van der Waals surface area contributed by atoms with E-state index in [-0.39, 0.29) is 5.97 Å². The molecule has 0 bridgehead atoms. The van der Waals surface area contributed by atoms with E-state index >= 15 is 0 Å². The van der Waals surface area contributed by atoms with Gasteiger partial charge in [-0.05, 0) is 68.4 Å². The van der Waals surface area contributed by atoms with Crippen LogP contribution in [0.1, 0.15) is 101 Å². The van der Waals surface area contributed by atoms with Crippen molar-refractivity contribution in [2.45, 2.75) is 90.6 Å². The van der Waals surface area contributed by atoms with Crippen LogP contribution in [0.15, 0.2) is 41.4 Å². The molecular formula is C37H46N12O4. The maximum absolute atomic E-state index is 11.9. The summed E-state index contributed by atoms with van der Waals surface area (Å²) in [5.74, 6) is 5.78. The van der Waals surface area contributed by atoms with Gasteiger partial charge in [0.1, 0.15) is 18.3 Å². The van der Waals surface area contributed by atoms with Crippen molar-refractivity contribution >= 4 is 39.6 Å². The van der Waals surface area contributed by atoms with Crippen LogP contribution in [0.4, 0.5) is 0 Å². The molecule has 278 valence electrons. The maximum atomic E-state index is 11.9. The molecule has 2 aliphatic rings. The fourth-order valence-corrected chi connectivity index (χ4v) is 8.89. The summed E-state index contributed by atoms with van der Waals surface area (Å²) in [6.45, 7) is 7.13. The lowest BCUT2D eigenvalue weighted by atomic mass is 9.93. The second kappa shape index (κ2) is 15.0. The van der Waals surface area contributed by atoms with Crippen LogP contribution >= 0.6 is 0 Å². The number of carbonyl (C=O) groups is 1. The van der Waals surface area contributed by atoms with Crippen LogP contribution in [0.2, 0.25) is 0 Å². The van der Waals surface area contributed by atoms with E-state index in [9.17, 15) is 4.79 Å². The average molecular weight is 723 g/mol. The van der Waals surface area contributed by atoms with Gasteiger partial charge in [0.15, 0.2) is 28.4 Å². The molecule has 7 aromatic rings. The van der Waals surface area contributed by atoms with Crippen molar-refractivity contribution in [2.24, 2.45) is 23.7 Å². The van der Waals surface area contributed by atoms with E-state index in [1.54, 1.807) is 19.5 Å². The van der Waals surface area contributed by atoms with Crippen LogP contribution in [0.5, 0.6) is 0 Å². The van der Waals surface area contributed by atoms with Gasteiger partial charge in [-0.2, -0.15) is 4.98 Å². The number of fused-ring (bicyclic) bond motifs is 6. The summed E-state index contributed by atoms with van der Waals surface area (Å²) in [5, 5.41) is 21.7. The Kier molecular flexibility index (Phi) is 9.86. The van der Waals surface area contributed by atoms with Gasteiger partial charge in [0.2, 0.25) is 5.89 Å². The molecule has 7 heterocycles. The van der Waals surface area contributed by atoms with E-state index < -0.39 is 0 Å². The van der Waals surface area contributed by atoms with Gasteiger partial charge < -0.3 is 24.0 Å². The van der Waals surface area contributed by atoms with Crippen molar-refractivity contribution in [3.63, 3.8) is 0 Å². The van der Waals surface area contributed by atoms with Gasteiger partial charge in [0.25, 0.3) is 0 Å². The molecule has 0 amide bonds. The Hall–Kier alpha value is -5.25. The Labute approximate surface area is 305 Å². The van der Waals surface area contributed by atoms with Crippen LogP contribution in [0.3, 0.4) is 0 Å². The maximum Gasteiger partial charge on any atom is 0.306 e. The topological polar surface area (TPSA) is 192 Å². The summed E-state index contributed by atoms with van der Waals surface area (Å²) in [6, 6.07) is 4.04. The predicted molar refractivity (Wildman–Crippen MR) is 194 cm³/mol. The lowest BCUT2D eigenvalue weighted by Gasteiger charge is -2.16. The summed E-state index contributed by atoms with van der Waals surface area (Å²) in [4.78, 5) is 31.4. The minimum Gasteiger partial charge on any atom is -0.466 e. The number of hydrogen-bond donors (Lipinski definition) is 2. The molecule has 2 saturated carbocycles. The average Bonchev–Trinajstić information content (AvgIpc) is 4.01. The summed E-state index contributed by atoms with van der Waals surface area (Å²) in [7, 11) is 1.63. The van der Waals surface area contributed by atoms with E-state index in [2.05, 4.69) is 73.1 Å². The summed E-state index contributed by atoms with van der Waals surface area (Å²) in [5.41, 5.74) is 5.28. The van der Waals surface area contributed by atoms with Crippen molar-refractivity contribution in [2.75, 3.05) is 13.7 Å². The zero-order chi connectivity index (χ0) is 36.5. The lowest BCUT2D eigenvalue weighted by Crippen LogP contribution is -2.10. The van der Waals surface area contributed by atoms with Crippen LogP contribution in [0.25, 0.3) is 33.6 Å². The summed E-state index contributed by atoms with van der Waals surface area (Å²) in [6.07, 6.45) is 14.9. The molecular weight excluding hydrogens is 676 g/mol. The smallest absolute Gasteiger partial charge is 0.306 e. The first-order valence-electron chi connectivity index (χ1n) is 18.8. The Morgan fingerprint density at radius 2 is 1.42 bits per heavy atom. The van der Waals surface area contributed by atoms with E-state index in [1.807, 2.05) is 31.5 Å². The molecule has 2 N–H and O–H groups in total. The number of ether oxygens (including phenoxy) is 2. The highest BCUT2D eigenvalue weighted by Gasteiger charge is 2.39. The second-order valence-corrected chi connectivity index (χ2v) is 14.4. The number of nitrogens with one attached hydrogen (secondary N) is 2. The predicted octanol–water partition coefficient (Wildman–Crippen LogP) is 5.98. The van der Waals surface area contributed by atoms with Gasteiger partial charge in [-0.15, -0.1) is 20.4 Å². The van der Waals surface area contributed by atoms with E-state index in [4.69, 9.17) is 14.0 Å². The molecule has 2 fully saturated rings. The van der Waals surface area contributed by atoms with Crippen LogP contribution in [-0.4, -0.2) is 79.0 Å². The number of hydrogen-bond acceptors (Lipinski definition) is 12. The second-order valence-electron chi connectivity index (χ2n) is 14.4. The lowest BCUT2D eigenvalue weighted by molar-refractivity contribution is -0.144. The van der Waals surface area contributed by atoms with Crippen LogP contribution in [0, 0.1) is 23.7 Å². The first-order valence-corrected chi connectivity index (χ1v) is 18.8. The van der Waals surface area contributed by atoms with Gasteiger partial charge in [-0.1, -0.05) is 31.8 Å². The van der Waals surface area contributed by atoms with Gasteiger partial charge in [0.05, 0.1) is 30.0 Å². The van der Waals surface area contributed by atoms with Crippen molar-refractivity contribution in [3.05, 3.63) is 60.3 Å². The third-order valence-corrected chi connectivity index (χ3v) is 11.2. The van der Waals surface area contributed by atoms with E-state index in [0.717, 1.165) is 90.2 Å². The monoisotopic (exact) mass is 722 g/mol. The third kappa shape index (κ3) is 6.75. The number of aromatic amines is 2. The number of methoxy groups -OCH3 is 1. The van der Waals surface area contributed by atoms with E-state index in [1.165, 1.54) is 0 Å². The molecule has 16 nitrogen and oxygen atoms in total. The molecule has 0 radical (unpaired) electrons. The first kappa shape index (κ1) is 34.8. The highest BCUT2D eigenvalue weighted by atomic mass is 16.5. The van der Waals surface area contributed by atoms with Gasteiger partial charge in [-0.3, -0.25) is 13.6 Å². The zero-order valence-corrected chi connectivity index (χ0v) is 30.6.